The zero-order chi connectivity index (χ0) is 17.6. The van der Waals surface area contributed by atoms with Crippen molar-refractivity contribution in [3.8, 4) is 0 Å². The van der Waals surface area contributed by atoms with Crippen molar-refractivity contribution >= 4 is 9.44 Å². The third-order valence-electron chi connectivity index (χ3n) is 5.83. The summed E-state index contributed by atoms with van der Waals surface area (Å²) in [6.45, 7) is 16.4. The monoisotopic (exact) mass is 357 g/mol. The minimum absolute atomic E-state index is 0.0397. The molecular formula is C20H26CoO2. The summed E-state index contributed by atoms with van der Waals surface area (Å²) in [5, 5.41) is 0. The molecule has 0 radical (unpaired) electrons. The van der Waals surface area contributed by atoms with Crippen molar-refractivity contribution in [1.29, 1.82) is 0 Å². The SMILES string of the molecule is CC1=C(C)C(C)C([C](=O)[Co][C](=O)C2=C(C)C(C)=C(C)C2C)=C1C. The van der Waals surface area contributed by atoms with Gasteiger partial charge in [0, 0.05) is 0 Å². The molecule has 0 spiro atoms. The van der Waals surface area contributed by atoms with Crippen LogP contribution in [0.3, 0.4) is 0 Å². The van der Waals surface area contributed by atoms with Crippen LogP contribution in [0.25, 0.3) is 0 Å². The first-order valence-corrected chi connectivity index (χ1v) is 9.09. The maximum atomic E-state index is 12.7. The fraction of sp³-hybridized carbons (Fsp3) is 0.500. The minimum atomic E-state index is -0.0397. The van der Waals surface area contributed by atoms with Crippen LogP contribution in [0.5, 0.6) is 0 Å². The molecule has 0 fully saturated rings. The average Bonchev–Trinajstić information content (AvgIpc) is 2.80. The normalized spacial score (nSPS) is 25.4. The second kappa shape index (κ2) is 6.37. The molecule has 0 bridgehead atoms. The summed E-state index contributed by atoms with van der Waals surface area (Å²) >= 11 is 0.323. The van der Waals surface area contributed by atoms with Gasteiger partial charge in [0.05, 0.1) is 0 Å². The molecule has 0 N–H and O–H groups in total. The van der Waals surface area contributed by atoms with Gasteiger partial charge < -0.3 is 0 Å². The van der Waals surface area contributed by atoms with Crippen molar-refractivity contribution in [2.45, 2.75) is 55.4 Å². The van der Waals surface area contributed by atoms with Crippen LogP contribution in [0, 0.1) is 11.8 Å². The van der Waals surface area contributed by atoms with Gasteiger partial charge in [0.15, 0.2) is 0 Å². The number of hydrogen-bond acceptors (Lipinski definition) is 2. The van der Waals surface area contributed by atoms with Crippen LogP contribution in [0.2, 0.25) is 0 Å². The Labute approximate surface area is 145 Å². The molecule has 23 heavy (non-hydrogen) atoms. The van der Waals surface area contributed by atoms with Crippen molar-refractivity contribution in [3.05, 3.63) is 44.6 Å². The van der Waals surface area contributed by atoms with Gasteiger partial charge in [-0.2, -0.15) is 0 Å². The second-order valence-electron chi connectivity index (χ2n) is 6.73. The van der Waals surface area contributed by atoms with E-state index in [2.05, 4.69) is 41.5 Å². The third kappa shape index (κ3) is 2.85. The predicted molar refractivity (Wildman–Crippen MR) is 90.5 cm³/mol. The molecule has 0 aromatic carbocycles. The molecule has 0 heterocycles. The van der Waals surface area contributed by atoms with E-state index in [1.165, 1.54) is 22.3 Å². The molecule has 0 aromatic rings. The van der Waals surface area contributed by atoms with Crippen molar-refractivity contribution in [2.24, 2.45) is 11.8 Å². The fourth-order valence-electron chi connectivity index (χ4n) is 3.49. The summed E-state index contributed by atoms with van der Waals surface area (Å²) in [6.07, 6.45) is 0. The van der Waals surface area contributed by atoms with Gasteiger partial charge in [-0.3, -0.25) is 0 Å². The van der Waals surface area contributed by atoms with Gasteiger partial charge in [0.25, 0.3) is 0 Å². The molecule has 3 heteroatoms. The van der Waals surface area contributed by atoms with Crippen LogP contribution in [-0.4, -0.2) is 9.44 Å². The van der Waals surface area contributed by atoms with Gasteiger partial charge in [-0.15, -0.1) is 0 Å². The summed E-state index contributed by atoms with van der Waals surface area (Å²) in [7, 11) is 0. The summed E-state index contributed by atoms with van der Waals surface area (Å²) < 4.78 is -0.0793. The summed E-state index contributed by atoms with van der Waals surface area (Å²) in [6, 6.07) is 0. The van der Waals surface area contributed by atoms with Crippen molar-refractivity contribution < 1.29 is 24.3 Å². The Morgan fingerprint density at radius 1 is 0.652 bits per heavy atom. The van der Waals surface area contributed by atoms with Gasteiger partial charge >= 0.3 is 146 Å². The molecule has 2 aliphatic rings. The van der Waals surface area contributed by atoms with Gasteiger partial charge in [-0.05, 0) is 0 Å². The maximum absolute atomic E-state index is 12.7. The van der Waals surface area contributed by atoms with Crippen LogP contribution in [0.4, 0.5) is 0 Å². The molecule has 2 unspecified atom stereocenters. The number of allylic oxidation sites excluding steroid dienone is 8. The van der Waals surface area contributed by atoms with E-state index in [0.29, 0.717) is 14.7 Å². The molecule has 2 rings (SSSR count). The fourth-order valence-corrected chi connectivity index (χ4v) is 4.82. The average molecular weight is 357 g/mol. The van der Waals surface area contributed by atoms with Crippen molar-refractivity contribution in [1.82, 2.24) is 0 Å². The van der Waals surface area contributed by atoms with E-state index in [4.69, 9.17) is 0 Å². The van der Waals surface area contributed by atoms with Crippen LogP contribution >= 0.6 is 0 Å². The molecule has 127 valence electrons. The van der Waals surface area contributed by atoms with Crippen LogP contribution in [0.15, 0.2) is 44.6 Å². The summed E-state index contributed by atoms with van der Waals surface area (Å²) in [4.78, 5) is 25.5. The molecule has 2 nitrogen and oxygen atoms in total. The molecule has 2 atom stereocenters. The Balaban J connectivity index is 2.22. The zero-order valence-corrected chi connectivity index (χ0v) is 16.3. The Bertz CT molecular complexity index is 667. The first kappa shape index (κ1) is 18.1. The Hall–Kier alpha value is -1.19. The van der Waals surface area contributed by atoms with E-state index in [1.54, 1.807) is 0 Å². The molecular weight excluding hydrogens is 331 g/mol. The summed E-state index contributed by atoms with van der Waals surface area (Å²) in [5.74, 6) is 0.249. The van der Waals surface area contributed by atoms with Gasteiger partial charge in [0.2, 0.25) is 0 Å². The second-order valence-corrected chi connectivity index (χ2v) is 7.93. The number of carbonyl (C=O) groups is 2. The molecule has 0 amide bonds. The standard InChI is InChI=1S/2C10H13O.Co/c2*1-6-7(2)9(4)10(5-11)8(6)3;/h2*8H,1-4H3;. The third-order valence-corrected chi connectivity index (χ3v) is 6.87. The van der Waals surface area contributed by atoms with E-state index < -0.39 is 0 Å². The van der Waals surface area contributed by atoms with Crippen LogP contribution in [-0.2, 0) is 24.3 Å². The van der Waals surface area contributed by atoms with Crippen LogP contribution < -0.4 is 0 Å². The Morgan fingerprint density at radius 3 is 1.17 bits per heavy atom. The van der Waals surface area contributed by atoms with Crippen molar-refractivity contribution in [2.75, 3.05) is 0 Å². The van der Waals surface area contributed by atoms with E-state index in [0.717, 1.165) is 22.3 Å². The molecule has 0 aromatic heterocycles. The topological polar surface area (TPSA) is 34.1 Å². The number of hydrogen-bond donors (Lipinski definition) is 0. The predicted octanol–water partition coefficient (Wildman–Crippen LogP) is 4.73. The Morgan fingerprint density at radius 2 is 0.957 bits per heavy atom. The van der Waals surface area contributed by atoms with Gasteiger partial charge in [0.1, 0.15) is 0 Å². The van der Waals surface area contributed by atoms with Gasteiger partial charge in [-0.1, -0.05) is 0 Å². The van der Waals surface area contributed by atoms with Crippen molar-refractivity contribution in [3.63, 3.8) is 0 Å². The Kier molecular flexibility index (Phi) is 5.02. The van der Waals surface area contributed by atoms with E-state index >= 15 is 0 Å². The molecule has 0 aliphatic heterocycles. The van der Waals surface area contributed by atoms with E-state index in [1.807, 2.05) is 13.8 Å². The number of rotatable bonds is 4. The van der Waals surface area contributed by atoms with Gasteiger partial charge in [-0.25, -0.2) is 0 Å². The molecule has 0 saturated carbocycles. The number of carbonyl (C=O) groups excluding carboxylic acids is 2. The first-order chi connectivity index (χ1) is 10.6. The quantitative estimate of drug-likeness (QED) is 0.729. The zero-order valence-electron chi connectivity index (χ0n) is 15.3. The van der Waals surface area contributed by atoms with Crippen LogP contribution in [0.1, 0.15) is 55.4 Å². The van der Waals surface area contributed by atoms with E-state index in [-0.39, 0.29) is 21.3 Å². The molecule has 0 saturated heterocycles. The molecule has 2 aliphatic carbocycles. The summed E-state index contributed by atoms with van der Waals surface area (Å²) in [5.41, 5.74) is 8.61. The first-order valence-electron chi connectivity index (χ1n) is 8.05. The van der Waals surface area contributed by atoms with E-state index in [9.17, 15) is 9.59 Å².